The van der Waals surface area contributed by atoms with Gasteiger partial charge in [-0.3, -0.25) is 4.79 Å². The van der Waals surface area contributed by atoms with E-state index in [4.69, 9.17) is 5.11 Å². The average Bonchev–Trinajstić information content (AvgIpc) is 2.27. The molecule has 0 bridgehead atoms. The highest BCUT2D eigenvalue weighted by atomic mass is 16.4. The molecular weight excluding hydrogens is 212 g/mol. The first-order valence-electron chi connectivity index (χ1n) is 6.39. The van der Waals surface area contributed by atoms with Crippen LogP contribution in [0.1, 0.15) is 33.1 Å². The van der Waals surface area contributed by atoms with Crippen molar-refractivity contribution in [1.82, 2.24) is 0 Å². The van der Waals surface area contributed by atoms with Gasteiger partial charge in [0, 0.05) is 5.92 Å². The summed E-state index contributed by atoms with van der Waals surface area (Å²) in [4.78, 5) is 10.7. The third-order valence-corrected chi connectivity index (χ3v) is 3.81. The van der Waals surface area contributed by atoms with Gasteiger partial charge in [0.05, 0.1) is 6.42 Å². The molecule has 0 saturated carbocycles. The van der Waals surface area contributed by atoms with Gasteiger partial charge in [-0.05, 0) is 30.3 Å². The van der Waals surface area contributed by atoms with Crippen molar-refractivity contribution in [3.05, 3.63) is 35.5 Å². The summed E-state index contributed by atoms with van der Waals surface area (Å²) >= 11 is 0. The topological polar surface area (TPSA) is 37.3 Å². The minimum absolute atomic E-state index is 0.146. The molecule has 0 unspecified atom stereocenters. The van der Waals surface area contributed by atoms with Crippen LogP contribution < -0.4 is 0 Å². The Labute approximate surface area is 103 Å². The lowest BCUT2D eigenvalue weighted by atomic mass is 9.71. The van der Waals surface area contributed by atoms with Crippen molar-refractivity contribution in [1.29, 1.82) is 0 Å². The Morgan fingerprint density at radius 2 is 2.24 bits per heavy atom. The summed E-state index contributed by atoms with van der Waals surface area (Å²) in [5.41, 5.74) is 2.69. The molecule has 0 aliphatic heterocycles. The molecule has 0 saturated heterocycles. The molecule has 2 nitrogen and oxygen atoms in total. The van der Waals surface area contributed by atoms with Crippen LogP contribution in [0.2, 0.25) is 0 Å². The van der Waals surface area contributed by atoms with Crippen LogP contribution in [-0.2, 0) is 4.79 Å². The Morgan fingerprint density at radius 1 is 1.47 bits per heavy atom. The van der Waals surface area contributed by atoms with E-state index in [1.165, 1.54) is 17.6 Å². The van der Waals surface area contributed by atoms with E-state index in [0.29, 0.717) is 17.8 Å². The normalized spacial score (nSPS) is 34.4. The van der Waals surface area contributed by atoms with Gasteiger partial charge < -0.3 is 5.11 Å². The molecule has 0 amide bonds. The fourth-order valence-electron chi connectivity index (χ4n) is 2.87. The van der Waals surface area contributed by atoms with Crippen LogP contribution in [0, 0.1) is 17.8 Å². The van der Waals surface area contributed by atoms with E-state index in [-0.39, 0.29) is 6.42 Å². The number of hydrogen-bond donors (Lipinski definition) is 1. The monoisotopic (exact) mass is 232 g/mol. The van der Waals surface area contributed by atoms with Gasteiger partial charge in [0.2, 0.25) is 0 Å². The summed E-state index contributed by atoms with van der Waals surface area (Å²) < 4.78 is 0. The predicted molar refractivity (Wildman–Crippen MR) is 68.6 cm³/mol. The molecule has 3 atom stereocenters. The minimum atomic E-state index is -0.742. The molecule has 2 aliphatic carbocycles. The fourth-order valence-corrected chi connectivity index (χ4v) is 2.87. The molecular formula is C15H20O2. The van der Waals surface area contributed by atoms with E-state index in [9.17, 15) is 4.79 Å². The second kappa shape index (κ2) is 4.91. The molecule has 0 heterocycles. The van der Waals surface area contributed by atoms with Gasteiger partial charge in [-0.15, -0.1) is 0 Å². The van der Waals surface area contributed by atoms with Gasteiger partial charge in [0.25, 0.3) is 0 Å². The van der Waals surface area contributed by atoms with Crippen LogP contribution in [0.5, 0.6) is 0 Å². The molecule has 0 aromatic rings. The maximum atomic E-state index is 10.7. The van der Waals surface area contributed by atoms with Gasteiger partial charge in [-0.2, -0.15) is 0 Å². The number of aliphatic carboxylic acids is 1. The van der Waals surface area contributed by atoms with Crippen LogP contribution in [-0.4, -0.2) is 11.1 Å². The Balaban J connectivity index is 2.27. The average molecular weight is 232 g/mol. The maximum absolute atomic E-state index is 10.7. The molecule has 2 aliphatic rings. The lowest BCUT2D eigenvalue weighted by Gasteiger charge is -2.33. The van der Waals surface area contributed by atoms with E-state index in [1.807, 2.05) is 6.08 Å². The first kappa shape index (κ1) is 12.2. The number of rotatable bonds is 2. The lowest BCUT2D eigenvalue weighted by molar-refractivity contribution is -0.136. The molecule has 0 fully saturated rings. The summed E-state index contributed by atoms with van der Waals surface area (Å²) in [5, 5.41) is 8.79. The summed E-state index contributed by atoms with van der Waals surface area (Å²) in [7, 11) is 0. The van der Waals surface area contributed by atoms with E-state index in [2.05, 4.69) is 32.1 Å². The summed E-state index contributed by atoms with van der Waals surface area (Å²) in [6, 6.07) is 0. The minimum Gasteiger partial charge on any atom is -0.481 e. The first-order chi connectivity index (χ1) is 8.08. The van der Waals surface area contributed by atoms with Crippen molar-refractivity contribution in [3.8, 4) is 0 Å². The molecule has 2 rings (SSSR count). The Hall–Kier alpha value is -1.31. The Bertz CT molecular complexity index is 401. The number of hydrogen-bond acceptors (Lipinski definition) is 1. The lowest BCUT2D eigenvalue weighted by Crippen LogP contribution is -2.21. The highest BCUT2D eigenvalue weighted by molar-refractivity contribution is 5.69. The van der Waals surface area contributed by atoms with Gasteiger partial charge in [-0.25, -0.2) is 0 Å². The summed E-state index contributed by atoms with van der Waals surface area (Å²) in [6.07, 6.45) is 11.2. The third-order valence-electron chi connectivity index (χ3n) is 3.81. The maximum Gasteiger partial charge on any atom is 0.307 e. The molecule has 92 valence electrons. The SMILES string of the molecule is C[C@H]1C=C2C=C[C@H](C)/C(=C\CC(=O)O)[C@H]2CC1. The zero-order valence-corrected chi connectivity index (χ0v) is 10.5. The van der Waals surface area contributed by atoms with Crippen molar-refractivity contribution < 1.29 is 9.90 Å². The van der Waals surface area contributed by atoms with Gasteiger partial charge in [-0.1, -0.05) is 43.7 Å². The van der Waals surface area contributed by atoms with Crippen LogP contribution in [0.4, 0.5) is 0 Å². The van der Waals surface area contributed by atoms with Crippen molar-refractivity contribution in [2.75, 3.05) is 0 Å². The van der Waals surface area contributed by atoms with E-state index in [1.54, 1.807) is 0 Å². The second-order valence-corrected chi connectivity index (χ2v) is 5.22. The Morgan fingerprint density at radius 3 is 2.94 bits per heavy atom. The highest BCUT2D eigenvalue weighted by Crippen LogP contribution is 2.40. The summed E-state index contributed by atoms with van der Waals surface area (Å²) in [5.74, 6) is 0.754. The smallest absolute Gasteiger partial charge is 0.307 e. The van der Waals surface area contributed by atoms with E-state index >= 15 is 0 Å². The molecule has 1 N–H and O–H groups in total. The fraction of sp³-hybridized carbons (Fsp3) is 0.533. The number of carbonyl (C=O) groups is 1. The van der Waals surface area contributed by atoms with Crippen LogP contribution >= 0.6 is 0 Å². The zero-order valence-electron chi connectivity index (χ0n) is 10.5. The largest absolute Gasteiger partial charge is 0.481 e. The number of carboxylic acid groups (broad SMARTS) is 1. The first-order valence-corrected chi connectivity index (χ1v) is 6.39. The van der Waals surface area contributed by atoms with Gasteiger partial charge in [0.1, 0.15) is 0 Å². The van der Waals surface area contributed by atoms with Crippen molar-refractivity contribution in [2.45, 2.75) is 33.1 Å². The quantitative estimate of drug-likeness (QED) is 0.739. The molecule has 0 aromatic carbocycles. The van der Waals surface area contributed by atoms with Gasteiger partial charge in [0.15, 0.2) is 0 Å². The molecule has 0 spiro atoms. The second-order valence-electron chi connectivity index (χ2n) is 5.22. The van der Waals surface area contributed by atoms with Crippen molar-refractivity contribution >= 4 is 5.97 Å². The van der Waals surface area contributed by atoms with Gasteiger partial charge >= 0.3 is 5.97 Å². The van der Waals surface area contributed by atoms with Crippen LogP contribution in [0.3, 0.4) is 0 Å². The zero-order chi connectivity index (χ0) is 12.4. The van der Waals surface area contributed by atoms with Crippen LogP contribution in [0.25, 0.3) is 0 Å². The highest BCUT2D eigenvalue weighted by Gasteiger charge is 2.27. The van der Waals surface area contributed by atoms with Crippen molar-refractivity contribution in [3.63, 3.8) is 0 Å². The Kier molecular flexibility index (Phi) is 3.51. The molecule has 17 heavy (non-hydrogen) atoms. The summed E-state index contributed by atoms with van der Waals surface area (Å²) in [6.45, 7) is 4.40. The van der Waals surface area contributed by atoms with E-state index in [0.717, 1.165) is 6.42 Å². The molecule has 0 aromatic heterocycles. The number of allylic oxidation sites excluding steroid dienone is 5. The van der Waals surface area contributed by atoms with Crippen molar-refractivity contribution in [2.24, 2.45) is 17.8 Å². The standard InChI is InChI=1S/C15H20O2/c1-10-3-6-14-12(9-10)5-4-11(2)13(14)7-8-15(16)17/h4-5,7,9-11,14H,3,6,8H2,1-2H3,(H,16,17)/b13-7+/t10-,11+,14+/m1/s1. The number of carboxylic acids is 1. The molecule has 0 radical (unpaired) electrons. The molecule has 2 heteroatoms. The number of fused-ring (bicyclic) bond motifs is 1. The predicted octanol–water partition coefficient (Wildman–Crippen LogP) is 3.57. The van der Waals surface area contributed by atoms with Crippen LogP contribution in [0.15, 0.2) is 35.5 Å². The third kappa shape index (κ3) is 2.68. The van der Waals surface area contributed by atoms with E-state index < -0.39 is 5.97 Å².